The molecule has 8 nitrogen and oxygen atoms in total. The Morgan fingerprint density at radius 3 is 2.17 bits per heavy atom. The van der Waals surface area contributed by atoms with Crippen molar-refractivity contribution in [3.63, 3.8) is 0 Å². The Bertz CT molecular complexity index is 491. The van der Waals surface area contributed by atoms with Crippen molar-refractivity contribution < 1.29 is 40.1 Å². The Kier molecular flexibility index (Phi) is 4.30. The van der Waals surface area contributed by atoms with Gasteiger partial charge in [-0.3, -0.25) is 0 Å². The van der Waals surface area contributed by atoms with E-state index in [2.05, 4.69) is 0 Å². The predicted octanol–water partition coefficient (Wildman–Crippen LogP) is -1.90. The summed E-state index contributed by atoms with van der Waals surface area (Å²) in [6.07, 6.45) is -6.61. The molecule has 0 amide bonds. The SMILES string of the molecule is CC1(OC2OC(CO)C(O)C(O)C2O)CC(O)C2(C(C)(C)O)CC12. The molecule has 1 heterocycles. The van der Waals surface area contributed by atoms with Crippen molar-refractivity contribution in [1.29, 1.82) is 0 Å². The van der Waals surface area contributed by atoms with Crippen LogP contribution in [0.25, 0.3) is 0 Å². The maximum absolute atomic E-state index is 10.5. The molecule has 0 aromatic heterocycles. The minimum absolute atomic E-state index is 0.118. The van der Waals surface area contributed by atoms with Crippen LogP contribution in [0.15, 0.2) is 0 Å². The van der Waals surface area contributed by atoms with Gasteiger partial charge in [0.25, 0.3) is 0 Å². The molecule has 9 unspecified atom stereocenters. The van der Waals surface area contributed by atoms with Crippen LogP contribution in [0.5, 0.6) is 0 Å². The molecule has 0 spiro atoms. The standard InChI is InChI=1S/C16H28O8/c1-14(2,22)16-4-8(16)15(3,5-9(16)18)24-13-12(21)11(20)10(19)7(6-17)23-13/h7-13,17-22H,4-6H2,1-3H3. The molecule has 2 saturated carbocycles. The quantitative estimate of drug-likeness (QED) is 0.346. The minimum atomic E-state index is -1.51. The zero-order valence-corrected chi connectivity index (χ0v) is 14.2. The lowest BCUT2D eigenvalue weighted by atomic mass is 9.83. The van der Waals surface area contributed by atoms with Gasteiger partial charge in [-0.15, -0.1) is 0 Å². The normalized spacial score (nSPS) is 54.6. The highest BCUT2D eigenvalue weighted by molar-refractivity contribution is 5.26. The van der Waals surface area contributed by atoms with Crippen LogP contribution >= 0.6 is 0 Å². The third-order valence-corrected chi connectivity index (χ3v) is 6.31. The lowest BCUT2D eigenvalue weighted by molar-refractivity contribution is -0.327. The molecule has 0 radical (unpaired) electrons. The largest absolute Gasteiger partial charge is 0.394 e. The summed E-state index contributed by atoms with van der Waals surface area (Å²) in [5, 5.41) is 60.0. The molecule has 2 aliphatic carbocycles. The smallest absolute Gasteiger partial charge is 0.187 e. The average Bonchev–Trinajstić information content (AvgIpc) is 3.21. The second-order valence-corrected chi connectivity index (χ2v) is 8.20. The fourth-order valence-corrected chi connectivity index (χ4v) is 4.76. The molecule has 24 heavy (non-hydrogen) atoms. The van der Waals surface area contributed by atoms with Gasteiger partial charge in [-0.1, -0.05) is 0 Å². The van der Waals surface area contributed by atoms with Gasteiger partial charge in [0.15, 0.2) is 6.29 Å². The molecule has 3 aliphatic rings. The van der Waals surface area contributed by atoms with E-state index in [-0.39, 0.29) is 12.3 Å². The number of rotatable bonds is 4. The molecule has 0 bridgehead atoms. The van der Waals surface area contributed by atoms with E-state index in [9.17, 15) is 30.6 Å². The predicted molar refractivity (Wildman–Crippen MR) is 80.7 cm³/mol. The summed E-state index contributed by atoms with van der Waals surface area (Å²) in [7, 11) is 0. The van der Waals surface area contributed by atoms with Gasteiger partial charge in [0, 0.05) is 11.8 Å². The first kappa shape index (κ1) is 18.5. The van der Waals surface area contributed by atoms with Crippen molar-refractivity contribution >= 4 is 0 Å². The third kappa shape index (κ3) is 2.44. The van der Waals surface area contributed by atoms with Gasteiger partial charge < -0.3 is 40.1 Å². The Morgan fingerprint density at radius 1 is 1.08 bits per heavy atom. The number of aliphatic hydroxyl groups is 6. The zero-order valence-electron chi connectivity index (χ0n) is 14.2. The lowest BCUT2D eigenvalue weighted by Crippen LogP contribution is -2.60. The van der Waals surface area contributed by atoms with Gasteiger partial charge >= 0.3 is 0 Å². The second-order valence-electron chi connectivity index (χ2n) is 8.20. The summed E-state index contributed by atoms with van der Waals surface area (Å²) >= 11 is 0. The van der Waals surface area contributed by atoms with Gasteiger partial charge in [0.05, 0.1) is 23.9 Å². The van der Waals surface area contributed by atoms with Crippen LogP contribution in [0, 0.1) is 11.3 Å². The molecule has 140 valence electrons. The highest BCUT2D eigenvalue weighted by Crippen LogP contribution is 2.72. The van der Waals surface area contributed by atoms with Gasteiger partial charge in [-0.25, -0.2) is 0 Å². The van der Waals surface area contributed by atoms with Crippen LogP contribution in [0.1, 0.15) is 33.6 Å². The second kappa shape index (κ2) is 5.59. The van der Waals surface area contributed by atoms with Crippen LogP contribution in [0.4, 0.5) is 0 Å². The monoisotopic (exact) mass is 348 g/mol. The first-order valence-electron chi connectivity index (χ1n) is 8.37. The molecule has 1 aliphatic heterocycles. The van der Waals surface area contributed by atoms with Gasteiger partial charge in [-0.05, 0) is 33.1 Å². The molecule has 0 aromatic rings. The number of hydrogen-bond donors (Lipinski definition) is 6. The fraction of sp³-hybridized carbons (Fsp3) is 1.00. The van der Waals surface area contributed by atoms with E-state index in [4.69, 9.17) is 9.47 Å². The summed E-state index contributed by atoms with van der Waals surface area (Å²) in [4.78, 5) is 0. The van der Waals surface area contributed by atoms with Crippen LogP contribution in [0.2, 0.25) is 0 Å². The summed E-state index contributed by atoms with van der Waals surface area (Å²) in [5.41, 5.74) is -2.59. The van der Waals surface area contributed by atoms with E-state index in [0.717, 1.165) is 0 Å². The van der Waals surface area contributed by atoms with E-state index < -0.39 is 60.0 Å². The Balaban J connectivity index is 1.77. The first-order chi connectivity index (χ1) is 11.0. The van der Waals surface area contributed by atoms with Gasteiger partial charge in [0.1, 0.15) is 24.4 Å². The fourth-order valence-electron chi connectivity index (χ4n) is 4.76. The van der Waals surface area contributed by atoms with Gasteiger partial charge in [0.2, 0.25) is 0 Å². The minimum Gasteiger partial charge on any atom is -0.394 e. The summed E-state index contributed by atoms with van der Waals surface area (Å²) < 4.78 is 11.3. The van der Waals surface area contributed by atoms with Crippen molar-refractivity contribution in [3.8, 4) is 0 Å². The lowest BCUT2D eigenvalue weighted by Gasteiger charge is -2.43. The van der Waals surface area contributed by atoms with E-state index in [1.54, 1.807) is 20.8 Å². The van der Waals surface area contributed by atoms with Crippen molar-refractivity contribution in [1.82, 2.24) is 0 Å². The molecule has 3 rings (SSSR count). The number of ether oxygens (including phenoxy) is 2. The number of fused-ring (bicyclic) bond motifs is 1. The molecule has 0 aromatic carbocycles. The van der Waals surface area contributed by atoms with Crippen LogP contribution in [-0.4, -0.2) is 85.3 Å². The zero-order chi connectivity index (χ0) is 18.1. The van der Waals surface area contributed by atoms with Crippen LogP contribution in [0.3, 0.4) is 0 Å². The molecule has 8 heteroatoms. The maximum Gasteiger partial charge on any atom is 0.187 e. The molecular formula is C16H28O8. The highest BCUT2D eigenvalue weighted by atomic mass is 16.7. The average molecular weight is 348 g/mol. The molecule has 9 atom stereocenters. The Labute approximate surface area is 140 Å². The van der Waals surface area contributed by atoms with Crippen molar-refractivity contribution in [2.75, 3.05) is 6.61 Å². The first-order valence-corrected chi connectivity index (χ1v) is 8.37. The summed E-state index contributed by atoms with van der Waals surface area (Å²) in [6.45, 7) is 4.58. The molecule has 6 N–H and O–H groups in total. The van der Waals surface area contributed by atoms with Crippen molar-refractivity contribution in [3.05, 3.63) is 0 Å². The third-order valence-electron chi connectivity index (χ3n) is 6.31. The maximum atomic E-state index is 10.5. The Hall–Kier alpha value is -0.320. The topological polar surface area (TPSA) is 140 Å². The number of hydrogen-bond acceptors (Lipinski definition) is 8. The van der Waals surface area contributed by atoms with E-state index in [1.165, 1.54) is 0 Å². The summed E-state index contributed by atoms with van der Waals surface area (Å²) in [6, 6.07) is 0. The molecule has 3 fully saturated rings. The van der Waals surface area contributed by atoms with Crippen molar-refractivity contribution in [2.45, 2.75) is 81.6 Å². The Morgan fingerprint density at radius 2 is 1.71 bits per heavy atom. The van der Waals surface area contributed by atoms with E-state index in [1.807, 2.05) is 0 Å². The van der Waals surface area contributed by atoms with E-state index >= 15 is 0 Å². The van der Waals surface area contributed by atoms with Gasteiger partial charge in [-0.2, -0.15) is 0 Å². The number of aliphatic hydroxyl groups excluding tert-OH is 5. The summed E-state index contributed by atoms with van der Waals surface area (Å²) in [5.74, 6) is -0.118. The van der Waals surface area contributed by atoms with Crippen LogP contribution < -0.4 is 0 Å². The highest BCUT2D eigenvalue weighted by Gasteiger charge is 2.77. The molecule has 1 saturated heterocycles. The van der Waals surface area contributed by atoms with Crippen LogP contribution in [-0.2, 0) is 9.47 Å². The van der Waals surface area contributed by atoms with Crippen molar-refractivity contribution in [2.24, 2.45) is 11.3 Å². The van der Waals surface area contributed by atoms with E-state index in [0.29, 0.717) is 6.42 Å². The molecular weight excluding hydrogens is 320 g/mol.